The second-order valence-corrected chi connectivity index (χ2v) is 4.38. The highest BCUT2D eigenvalue weighted by Gasteiger charge is 2.40. The van der Waals surface area contributed by atoms with E-state index in [1.807, 2.05) is 0 Å². The van der Waals surface area contributed by atoms with Gasteiger partial charge in [0.1, 0.15) is 0 Å². The lowest BCUT2D eigenvalue weighted by molar-refractivity contribution is -0.170. The summed E-state index contributed by atoms with van der Waals surface area (Å²) < 4.78 is 0. The van der Waals surface area contributed by atoms with E-state index in [4.69, 9.17) is 50.4 Å². The minimum Gasteiger partial charge on any atom is -0.481 e. The molecule has 0 rings (SSSR count). The van der Waals surface area contributed by atoms with Crippen molar-refractivity contribution in [3.05, 3.63) is 0 Å². The Bertz CT molecular complexity index is 548. The van der Waals surface area contributed by atoms with Crippen molar-refractivity contribution in [3.8, 4) is 0 Å². The van der Waals surface area contributed by atoms with Crippen molar-refractivity contribution in [2.45, 2.75) is 31.3 Å². The van der Waals surface area contributed by atoms with Crippen molar-refractivity contribution in [2.24, 2.45) is 0 Å². The molecule has 0 bridgehead atoms. The van der Waals surface area contributed by atoms with Crippen LogP contribution in [0.5, 0.6) is 0 Å². The Kier molecular flexibility index (Phi) is 14.1. The molecule has 0 unspecified atom stereocenters. The summed E-state index contributed by atoms with van der Waals surface area (Å²) in [6.07, 6.45) is -2.88. The summed E-state index contributed by atoms with van der Waals surface area (Å²) in [5.41, 5.74) is -2.74. The van der Waals surface area contributed by atoms with E-state index < -0.39 is 60.2 Å². The van der Waals surface area contributed by atoms with Crippen molar-refractivity contribution in [2.75, 3.05) is 0 Å². The molecule has 0 saturated heterocycles. The Hall–Kier alpha value is -3.75. The maximum atomic E-state index is 10.3. The van der Waals surface area contributed by atoms with E-state index in [0.717, 1.165) is 0 Å². The number of carboxylic acids is 7. The second-order valence-electron chi connectivity index (χ2n) is 4.38. The molecule has 15 heteroatoms. The molecule has 0 saturated carbocycles. The van der Waals surface area contributed by atoms with Gasteiger partial charge >= 0.3 is 41.8 Å². The molecule has 0 aliphatic rings. The van der Waals surface area contributed by atoms with Gasteiger partial charge in [0.05, 0.1) is 25.7 Å². The van der Waals surface area contributed by atoms with E-state index in [9.17, 15) is 24.0 Å². The third kappa shape index (κ3) is 20.2. The summed E-state index contributed by atoms with van der Waals surface area (Å²) in [7, 11) is 0. The van der Waals surface area contributed by atoms with Crippen LogP contribution in [-0.4, -0.2) is 88.2 Å². The molecule has 0 aromatic heterocycles. The van der Waals surface area contributed by atoms with Gasteiger partial charge in [0.15, 0.2) is 5.60 Å². The van der Waals surface area contributed by atoms with Gasteiger partial charge in [-0.05, 0) is 0 Å². The smallest absolute Gasteiger partial charge is 0.414 e. The molecule has 0 amide bonds. The second kappa shape index (κ2) is 13.5. The van der Waals surface area contributed by atoms with Crippen LogP contribution in [-0.2, 0) is 33.6 Å². The van der Waals surface area contributed by atoms with Crippen LogP contribution in [0, 0.1) is 0 Å². The summed E-state index contributed by atoms with van der Waals surface area (Å²) in [6.45, 7) is 0. The van der Waals surface area contributed by atoms with Gasteiger partial charge in [-0.25, -0.2) is 14.4 Å². The Morgan fingerprint density at radius 3 is 0.889 bits per heavy atom. The quantitative estimate of drug-likeness (QED) is 0.201. The largest absolute Gasteiger partial charge is 0.481 e. The Balaban J connectivity index is -0.000000351. The van der Waals surface area contributed by atoms with Crippen LogP contribution in [0.3, 0.4) is 0 Å². The highest BCUT2D eigenvalue weighted by Crippen LogP contribution is 2.15. The molecule has 15 nitrogen and oxygen atoms in total. The van der Waals surface area contributed by atoms with Gasteiger partial charge in [0.25, 0.3) is 0 Å². The summed E-state index contributed by atoms with van der Waals surface area (Å²) in [5, 5.41) is 64.4. The maximum absolute atomic E-state index is 10.3. The van der Waals surface area contributed by atoms with Crippen molar-refractivity contribution < 1.29 is 74.4 Å². The lowest BCUT2D eigenvalue weighted by Crippen LogP contribution is -2.42. The number of aliphatic hydroxyl groups is 1. The molecule has 0 aliphatic carbocycles. The molecule has 0 radical (unpaired) electrons. The van der Waals surface area contributed by atoms with Crippen molar-refractivity contribution in [3.63, 3.8) is 0 Å². The zero-order valence-electron chi connectivity index (χ0n) is 13.3. The first-order valence-corrected chi connectivity index (χ1v) is 6.34. The highest BCUT2D eigenvalue weighted by molar-refractivity contribution is 6.27. The normalized spacial score (nSPS) is 9.37. The first-order valence-electron chi connectivity index (χ1n) is 6.34. The molecule has 0 heterocycles. The summed E-state index contributed by atoms with van der Waals surface area (Å²) in [4.78, 5) is 68.0. The maximum Gasteiger partial charge on any atom is 0.414 e. The van der Waals surface area contributed by atoms with Crippen LogP contribution in [0.4, 0.5) is 0 Å². The van der Waals surface area contributed by atoms with Gasteiger partial charge in [0.2, 0.25) is 0 Å². The lowest BCUT2D eigenvalue weighted by Gasteiger charge is -2.18. The van der Waals surface area contributed by atoms with Gasteiger partial charge < -0.3 is 40.9 Å². The molecular weight excluding hydrogens is 384 g/mol. The molecule has 0 spiro atoms. The first kappa shape index (κ1) is 28.1. The molecule has 27 heavy (non-hydrogen) atoms. The van der Waals surface area contributed by atoms with Crippen LogP contribution >= 0.6 is 0 Å². The fraction of sp³-hybridized carbons (Fsp3) is 0.417. The predicted molar refractivity (Wildman–Crippen MR) is 76.9 cm³/mol. The SMILES string of the molecule is O=C(O)C(=O)O.O=C(O)CC(O)(CC(=O)O)C(=O)O.O=C(O)CCC(=O)O. The average Bonchev–Trinajstić information content (AvgIpc) is 2.44. The number of carbonyl (C=O) groups is 7. The van der Waals surface area contributed by atoms with Gasteiger partial charge in [-0.1, -0.05) is 0 Å². The molecule has 0 atom stereocenters. The summed E-state index contributed by atoms with van der Waals surface area (Å²) in [5.74, 6) is -10.8. The molecular formula is C12H16O15. The van der Waals surface area contributed by atoms with Crippen LogP contribution in [0.2, 0.25) is 0 Å². The number of aliphatic carboxylic acids is 7. The molecule has 0 aromatic rings. The van der Waals surface area contributed by atoms with Gasteiger partial charge in [-0.2, -0.15) is 0 Å². The fourth-order valence-electron chi connectivity index (χ4n) is 0.928. The van der Waals surface area contributed by atoms with Crippen LogP contribution in [0.25, 0.3) is 0 Å². The Morgan fingerprint density at radius 2 is 0.778 bits per heavy atom. The van der Waals surface area contributed by atoms with Crippen LogP contribution in [0.15, 0.2) is 0 Å². The van der Waals surface area contributed by atoms with E-state index in [1.165, 1.54) is 0 Å². The Labute approximate surface area is 148 Å². The zero-order chi connectivity index (χ0) is 22.4. The van der Waals surface area contributed by atoms with E-state index >= 15 is 0 Å². The van der Waals surface area contributed by atoms with Crippen molar-refractivity contribution in [1.82, 2.24) is 0 Å². The average molecular weight is 400 g/mol. The minimum absolute atomic E-state index is 0.296. The number of rotatable bonds is 8. The fourth-order valence-corrected chi connectivity index (χ4v) is 0.928. The highest BCUT2D eigenvalue weighted by atomic mass is 16.4. The number of hydrogen-bond acceptors (Lipinski definition) is 8. The monoisotopic (exact) mass is 400 g/mol. The zero-order valence-corrected chi connectivity index (χ0v) is 13.3. The van der Waals surface area contributed by atoms with E-state index in [0.29, 0.717) is 0 Å². The first-order chi connectivity index (χ1) is 12.0. The van der Waals surface area contributed by atoms with E-state index in [-0.39, 0.29) is 12.8 Å². The summed E-state index contributed by atoms with van der Waals surface area (Å²) >= 11 is 0. The van der Waals surface area contributed by atoms with Gasteiger partial charge in [-0.15, -0.1) is 0 Å². The third-order valence-electron chi connectivity index (χ3n) is 2.02. The predicted octanol–water partition coefficient (Wildman–Crippen LogP) is -2.16. The molecule has 0 aromatic carbocycles. The minimum atomic E-state index is -2.74. The van der Waals surface area contributed by atoms with Crippen LogP contribution in [0.1, 0.15) is 25.7 Å². The molecule has 154 valence electrons. The van der Waals surface area contributed by atoms with E-state index in [2.05, 4.69) is 0 Å². The van der Waals surface area contributed by atoms with E-state index in [1.54, 1.807) is 0 Å². The topological polar surface area (TPSA) is 281 Å². The molecule has 8 N–H and O–H groups in total. The molecule has 0 fully saturated rings. The number of hydrogen-bond donors (Lipinski definition) is 8. The van der Waals surface area contributed by atoms with Gasteiger partial charge in [0, 0.05) is 0 Å². The van der Waals surface area contributed by atoms with Gasteiger partial charge in [-0.3, -0.25) is 19.2 Å². The summed E-state index contributed by atoms with van der Waals surface area (Å²) in [6, 6.07) is 0. The van der Waals surface area contributed by atoms with Crippen LogP contribution < -0.4 is 0 Å². The number of carboxylic acid groups (broad SMARTS) is 7. The van der Waals surface area contributed by atoms with Crippen molar-refractivity contribution >= 4 is 41.8 Å². The third-order valence-corrected chi connectivity index (χ3v) is 2.02. The lowest BCUT2D eigenvalue weighted by atomic mass is 9.96. The van der Waals surface area contributed by atoms with Crippen molar-refractivity contribution in [1.29, 1.82) is 0 Å². The molecule has 0 aliphatic heterocycles. The Morgan fingerprint density at radius 1 is 0.519 bits per heavy atom. The standard InChI is InChI=1S/C6H8O7.C4H6O4.C2H2O4/c7-3(8)1-6(13,5(11)12)2-4(9)10;5-3(6)1-2-4(7)8;3-1(4)2(5)6/h13H,1-2H2,(H,7,8)(H,9,10)(H,11,12);1-2H2,(H,5,6)(H,7,8);(H,3,4)(H,5,6).